The highest BCUT2D eigenvalue weighted by Crippen LogP contribution is 2.06. The summed E-state index contributed by atoms with van der Waals surface area (Å²) in [6.07, 6.45) is 4.60. The maximum atomic E-state index is 10.3. The molecule has 10 heavy (non-hydrogen) atoms. The van der Waals surface area contributed by atoms with E-state index in [0.29, 0.717) is 0 Å². The van der Waals surface area contributed by atoms with Crippen molar-refractivity contribution >= 4 is 18.6 Å². The lowest BCUT2D eigenvalue weighted by atomic mass is 10.2. The normalized spacial score (nSPS) is 23.3. The fourth-order valence-electron chi connectivity index (χ4n) is 0.653. The fourth-order valence-corrected chi connectivity index (χ4v) is 0.899. The number of hydrogen-bond donors (Lipinski definition) is 3. The van der Waals surface area contributed by atoms with E-state index in [1.165, 1.54) is 12.2 Å². The monoisotopic (exact) mass is 157 g/mol. The second kappa shape index (κ2) is 2.79. The number of carboxylic acids is 1. The van der Waals surface area contributed by atoms with E-state index in [1.807, 2.05) is 0 Å². The van der Waals surface area contributed by atoms with Crippen LogP contribution in [0.2, 0.25) is 0 Å². The second-order valence-electron chi connectivity index (χ2n) is 1.87. The maximum Gasteiger partial charge on any atom is 0.335 e. The van der Waals surface area contributed by atoms with Crippen LogP contribution in [0, 0.1) is 0 Å². The van der Waals surface area contributed by atoms with Crippen LogP contribution in [0.1, 0.15) is 0 Å². The molecule has 1 aliphatic rings. The van der Waals surface area contributed by atoms with Gasteiger partial charge < -0.3 is 10.4 Å². The molecule has 0 aliphatic carbocycles. The largest absolute Gasteiger partial charge is 0.478 e. The molecule has 2 N–H and O–H groups in total. The van der Waals surface area contributed by atoms with Crippen molar-refractivity contribution in [3.05, 3.63) is 23.9 Å². The Hall–Kier alpha value is -0.900. The van der Waals surface area contributed by atoms with Crippen LogP contribution in [0.3, 0.4) is 0 Å². The van der Waals surface area contributed by atoms with Gasteiger partial charge in [-0.25, -0.2) is 4.79 Å². The number of hydrogen-bond acceptors (Lipinski definition) is 3. The van der Waals surface area contributed by atoms with E-state index in [-0.39, 0.29) is 10.9 Å². The number of carboxylic acid groups (broad SMARTS) is 1. The van der Waals surface area contributed by atoms with Crippen LogP contribution in [0.15, 0.2) is 23.9 Å². The van der Waals surface area contributed by atoms with E-state index in [1.54, 1.807) is 6.20 Å². The molecule has 0 spiro atoms. The van der Waals surface area contributed by atoms with Gasteiger partial charge in [0.2, 0.25) is 0 Å². The fraction of sp³-hybridized carbons (Fsp3) is 0.167. The minimum Gasteiger partial charge on any atom is -0.478 e. The molecule has 1 heterocycles. The van der Waals surface area contributed by atoms with Gasteiger partial charge in [0.05, 0.1) is 10.9 Å². The molecule has 0 saturated carbocycles. The van der Waals surface area contributed by atoms with Gasteiger partial charge in [0.15, 0.2) is 0 Å². The SMILES string of the molecule is O=C(O)C1=CC(S)NC=C1. The molecule has 0 fully saturated rings. The molecule has 0 aromatic rings. The van der Waals surface area contributed by atoms with Crippen molar-refractivity contribution in [3.63, 3.8) is 0 Å². The summed E-state index contributed by atoms with van der Waals surface area (Å²) in [5.41, 5.74) is 0.277. The predicted molar refractivity (Wildman–Crippen MR) is 40.8 cm³/mol. The molecule has 0 aromatic heterocycles. The maximum absolute atomic E-state index is 10.3. The highest BCUT2D eigenvalue weighted by Gasteiger charge is 2.08. The standard InChI is InChI=1S/C6H7NO2S/c8-6(9)4-1-2-7-5(10)3-4/h1-3,5,7,10H,(H,8,9). The van der Waals surface area contributed by atoms with Crippen LogP contribution in [-0.4, -0.2) is 16.4 Å². The summed E-state index contributed by atoms with van der Waals surface area (Å²) in [7, 11) is 0. The summed E-state index contributed by atoms with van der Waals surface area (Å²) in [5.74, 6) is -0.920. The molecule has 0 aromatic carbocycles. The van der Waals surface area contributed by atoms with Crippen molar-refractivity contribution in [2.45, 2.75) is 5.37 Å². The second-order valence-corrected chi connectivity index (χ2v) is 2.43. The smallest absolute Gasteiger partial charge is 0.335 e. The van der Waals surface area contributed by atoms with Crippen LogP contribution >= 0.6 is 12.6 Å². The van der Waals surface area contributed by atoms with E-state index in [9.17, 15) is 4.79 Å². The van der Waals surface area contributed by atoms with Crippen LogP contribution in [0.5, 0.6) is 0 Å². The Bertz CT molecular complexity index is 210. The third kappa shape index (κ3) is 1.54. The third-order valence-electron chi connectivity index (χ3n) is 1.11. The molecule has 1 atom stereocenters. The molecule has 3 nitrogen and oxygen atoms in total. The minimum absolute atomic E-state index is 0.184. The van der Waals surface area contributed by atoms with Crippen molar-refractivity contribution in [2.75, 3.05) is 0 Å². The van der Waals surface area contributed by atoms with E-state index in [2.05, 4.69) is 17.9 Å². The Morgan fingerprint density at radius 3 is 2.90 bits per heavy atom. The number of aliphatic carboxylic acids is 1. The number of dihydropyridines is 1. The van der Waals surface area contributed by atoms with E-state index < -0.39 is 5.97 Å². The van der Waals surface area contributed by atoms with Crippen molar-refractivity contribution in [3.8, 4) is 0 Å². The topological polar surface area (TPSA) is 49.3 Å². The van der Waals surface area contributed by atoms with Gasteiger partial charge in [0.25, 0.3) is 0 Å². The average molecular weight is 157 g/mol. The highest BCUT2D eigenvalue weighted by molar-refractivity contribution is 7.81. The lowest BCUT2D eigenvalue weighted by molar-refractivity contribution is -0.132. The van der Waals surface area contributed by atoms with E-state index in [0.717, 1.165) is 0 Å². The highest BCUT2D eigenvalue weighted by atomic mass is 32.1. The summed E-state index contributed by atoms with van der Waals surface area (Å²) in [6.45, 7) is 0. The zero-order valence-corrected chi connectivity index (χ0v) is 6.01. The third-order valence-corrected chi connectivity index (χ3v) is 1.41. The van der Waals surface area contributed by atoms with Crippen molar-refractivity contribution in [1.82, 2.24) is 5.32 Å². The molecular weight excluding hydrogens is 150 g/mol. The summed E-state index contributed by atoms with van der Waals surface area (Å²) >= 11 is 4.01. The Morgan fingerprint density at radius 1 is 1.80 bits per heavy atom. The van der Waals surface area contributed by atoms with E-state index >= 15 is 0 Å². The van der Waals surface area contributed by atoms with Crippen molar-refractivity contribution in [2.24, 2.45) is 0 Å². The number of thiol groups is 1. The first-order valence-electron chi connectivity index (χ1n) is 2.76. The molecule has 1 unspecified atom stereocenters. The molecule has 0 amide bonds. The summed E-state index contributed by atoms with van der Waals surface area (Å²) in [4.78, 5) is 10.3. The van der Waals surface area contributed by atoms with Gasteiger partial charge in [-0.3, -0.25) is 0 Å². The first-order chi connectivity index (χ1) is 4.70. The number of carbonyl (C=O) groups is 1. The Morgan fingerprint density at radius 2 is 2.50 bits per heavy atom. The number of nitrogens with one attached hydrogen (secondary N) is 1. The van der Waals surface area contributed by atoms with Crippen LogP contribution in [0.4, 0.5) is 0 Å². The van der Waals surface area contributed by atoms with Gasteiger partial charge in [-0.2, -0.15) is 12.6 Å². The molecule has 0 radical (unpaired) electrons. The van der Waals surface area contributed by atoms with Gasteiger partial charge in [-0.15, -0.1) is 0 Å². The predicted octanol–water partition coefficient (Wildman–Crippen LogP) is 0.370. The Balaban J connectivity index is 2.76. The molecule has 1 rings (SSSR count). The molecule has 54 valence electrons. The number of rotatable bonds is 1. The average Bonchev–Trinajstić information content (AvgIpc) is 1.88. The molecule has 0 saturated heterocycles. The molecule has 1 aliphatic heterocycles. The van der Waals surface area contributed by atoms with Crippen LogP contribution in [-0.2, 0) is 4.79 Å². The van der Waals surface area contributed by atoms with Gasteiger partial charge in [-0.05, 0) is 18.4 Å². The lowest BCUT2D eigenvalue weighted by Crippen LogP contribution is -2.20. The molecule has 4 heteroatoms. The zero-order valence-electron chi connectivity index (χ0n) is 5.11. The van der Waals surface area contributed by atoms with Crippen LogP contribution in [0.25, 0.3) is 0 Å². The van der Waals surface area contributed by atoms with Gasteiger partial charge in [0.1, 0.15) is 0 Å². The first-order valence-corrected chi connectivity index (χ1v) is 3.27. The van der Waals surface area contributed by atoms with E-state index in [4.69, 9.17) is 5.11 Å². The van der Waals surface area contributed by atoms with Gasteiger partial charge in [-0.1, -0.05) is 0 Å². The lowest BCUT2D eigenvalue weighted by Gasteiger charge is -2.10. The summed E-state index contributed by atoms with van der Waals surface area (Å²) in [6, 6.07) is 0. The quantitative estimate of drug-likeness (QED) is 0.482. The zero-order chi connectivity index (χ0) is 7.56. The summed E-state index contributed by atoms with van der Waals surface area (Å²) < 4.78 is 0. The van der Waals surface area contributed by atoms with Crippen LogP contribution < -0.4 is 5.32 Å². The van der Waals surface area contributed by atoms with Crippen molar-refractivity contribution in [1.29, 1.82) is 0 Å². The summed E-state index contributed by atoms with van der Waals surface area (Å²) in [5, 5.41) is 11.1. The molecule has 0 bridgehead atoms. The van der Waals surface area contributed by atoms with Gasteiger partial charge >= 0.3 is 5.97 Å². The van der Waals surface area contributed by atoms with Crippen molar-refractivity contribution < 1.29 is 9.90 Å². The van der Waals surface area contributed by atoms with Gasteiger partial charge in [0, 0.05) is 0 Å². The Kier molecular flexibility index (Phi) is 2.01. The molecular formula is C6H7NO2S. The Labute approximate surface area is 63.8 Å². The minimum atomic E-state index is -0.920. The first kappa shape index (κ1) is 7.21.